The number of halogens is 1. The zero-order chi connectivity index (χ0) is 21.6. The minimum absolute atomic E-state index is 0.378. The summed E-state index contributed by atoms with van der Waals surface area (Å²) in [5, 5.41) is 1.95. The van der Waals surface area contributed by atoms with Gasteiger partial charge in [-0.25, -0.2) is 0 Å². The summed E-state index contributed by atoms with van der Waals surface area (Å²) in [6.45, 7) is 31.9. The Morgan fingerprint density at radius 3 is 1.27 bits per heavy atom. The molecule has 1 atom stereocenters. The molecule has 0 aromatic carbocycles. The summed E-state index contributed by atoms with van der Waals surface area (Å²) in [7, 11) is 3.71. The van der Waals surface area contributed by atoms with Crippen LogP contribution in [0.2, 0.25) is 0 Å². The Hall–Kier alpha value is 1.81. The second kappa shape index (κ2) is 11.9. The molecule has 26 heavy (non-hydrogen) atoms. The van der Waals surface area contributed by atoms with Gasteiger partial charge in [-0.2, -0.15) is 0 Å². The van der Waals surface area contributed by atoms with Crippen LogP contribution in [-0.2, 0) is 18.2 Å². The van der Waals surface area contributed by atoms with Crippen LogP contribution in [0.5, 0.6) is 0 Å². The molecule has 0 bridgehead atoms. The van der Waals surface area contributed by atoms with Crippen LogP contribution < -0.4 is 0 Å². The Labute approximate surface area is 184 Å². The first-order valence-corrected chi connectivity index (χ1v) is 15.5. The van der Waals surface area contributed by atoms with Crippen molar-refractivity contribution in [3.63, 3.8) is 0 Å². The fourth-order valence-corrected chi connectivity index (χ4v) is 13.0. The molecule has 0 aromatic heterocycles. The van der Waals surface area contributed by atoms with Crippen LogP contribution >= 0.6 is 25.4 Å². The van der Waals surface area contributed by atoms with Crippen molar-refractivity contribution in [2.45, 2.75) is 117 Å². The Morgan fingerprint density at radius 2 is 1.00 bits per heavy atom. The van der Waals surface area contributed by atoms with E-state index < -0.39 is 7.92 Å². The maximum atomic E-state index is 4.49. The molecule has 0 aliphatic rings. The number of rotatable bonds is 6. The van der Waals surface area contributed by atoms with Gasteiger partial charge >= 0.3 is 27.7 Å². The third-order valence-electron chi connectivity index (χ3n) is 5.11. The molecule has 4 heteroatoms. The van der Waals surface area contributed by atoms with Crippen molar-refractivity contribution in [2.24, 2.45) is 5.92 Å². The molecule has 0 radical (unpaired) electrons. The van der Waals surface area contributed by atoms with Crippen molar-refractivity contribution < 1.29 is 18.2 Å². The van der Waals surface area contributed by atoms with Crippen molar-refractivity contribution in [3.05, 3.63) is 6.42 Å². The average molecular weight is 517 g/mol. The zero-order valence-corrected chi connectivity index (χ0v) is 24.3. The van der Waals surface area contributed by atoms with E-state index in [1.165, 1.54) is 18.7 Å². The summed E-state index contributed by atoms with van der Waals surface area (Å²) < 4.78 is 0. The summed E-state index contributed by atoms with van der Waals surface area (Å²) in [6, 6.07) is 0. The van der Waals surface area contributed by atoms with Crippen LogP contribution in [-0.4, -0.2) is 32.9 Å². The van der Waals surface area contributed by atoms with Gasteiger partial charge in [0, 0.05) is 28.2 Å². The van der Waals surface area contributed by atoms with Crippen LogP contribution in [0.25, 0.3) is 0 Å². The fraction of sp³-hybridized carbons (Fsp3) is 0.955. The molecule has 0 aliphatic heterocycles. The van der Waals surface area contributed by atoms with E-state index in [0.29, 0.717) is 20.6 Å². The third kappa shape index (κ3) is 12.4. The summed E-state index contributed by atoms with van der Waals surface area (Å²) in [5.74, 6) is 0.764. The van der Waals surface area contributed by atoms with E-state index in [-0.39, 0.29) is 7.92 Å². The third-order valence-corrected chi connectivity index (χ3v) is 14.2. The van der Waals surface area contributed by atoms with E-state index in [9.17, 15) is 0 Å². The van der Waals surface area contributed by atoms with E-state index in [1.54, 1.807) is 0 Å². The minimum atomic E-state index is -0.404. The maximum absolute atomic E-state index is 4.49. The van der Waals surface area contributed by atoms with Gasteiger partial charge in [-0.15, -0.1) is 12.3 Å². The second-order valence-corrected chi connectivity index (χ2v) is 20.7. The van der Waals surface area contributed by atoms with Gasteiger partial charge in [0.2, 0.25) is 0 Å². The Bertz CT molecular complexity index is 342. The normalized spacial score (nSPS) is 15.2. The molecule has 0 aromatic rings. The molecule has 0 heterocycles. The summed E-state index contributed by atoms with van der Waals surface area (Å²) in [6.07, 6.45) is 6.82. The van der Waals surface area contributed by atoms with Crippen molar-refractivity contribution in [1.29, 1.82) is 0 Å². The first-order valence-electron chi connectivity index (χ1n) is 10.1. The van der Waals surface area contributed by atoms with Crippen LogP contribution in [0.3, 0.4) is 0 Å². The van der Waals surface area contributed by atoms with Gasteiger partial charge in [-0.3, -0.25) is 0 Å². The average Bonchev–Trinajstić information content (AvgIpc) is 2.37. The topological polar surface area (TPSA) is 0 Å². The number of hydrogen-bond acceptors (Lipinski definition) is 0. The first-order chi connectivity index (χ1) is 11.4. The van der Waals surface area contributed by atoms with E-state index in [2.05, 4.69) is 124 Å². The quantitative estimate of drug-likeness (QED) is 0.188. The summed E-state index contributed by atoms with van der Waals surface area (Å²) >= 11 is 2.22. The predicted octanol–water partition coefficient (Wildman–Crippen LogP) is 8.53. The molecule has 0 spiro atoms. The molecular weight excluding hydrogens is 468 g/mol. The fourth-order valence-electron chi connectivity index (χ4n) is 4.53. The molecule has 0 saturated carbocycles. The van der Waals surface area contributed by atoms with Gasteiger partial charge < -0.3 is 6.42 Å². The zero-order valence-electron chi connectivity index (χ0n) is 20.0. The van der Waals surface area contributed by atoms with Crippen LogP contribution in [0.4, 0.5) is 0 Å². The summed E-state index contributed by atoms with van der Waals surface area (Å²) in [4.78, 5) is 0. The molecule has 0 rings (SSSR count). The van der Waals surface area contributed by atoms with Crippen molar-refractivity contribution in [2.75, 3.05) is 12.3 Å². The summed E-state index contributed by atoms with van der Waals surface area (Å²) in [5.41, 5.74) is 0. The SMILES string of the molecule is CC([CH-]CC[PH+](C(C)(C)C)C(C)(C)C)C[PH+](C(C)(C)C)C(C)(C)C.[Cl][Pd+]. The molecule has 0 amide bonds. The molecule has 162 valence electrons. The van der Waals surface area contributed by atoms with Gasteiger partial charge in [-0.1, -0.05) is 6.92 Å². The van der Waals surface area contributed by atoms with E-state index >= 15 is 0 Å². The predicted molar refractivity (Wildman–Crippen MR) is 129 cm³/mol. The Balaban J connectivity index is 0. The molecule has 1 unspecified atom stereocenters. The van der Waals surface area contributed by atoms with Crippen LogP contribution in [0.15, 0.2) is 0 Å². The van der Waals surface area contributed by atoms with Gasteiger partial charge in [0.15, 0.2) is 0 Å². The van der Waals surface area contributed by atoms with Crippen molar-refractivity contribution >= 4 is 25.4 Å². The van der Waals surface area contributed by atoms with E-state index in [4.69, 9.17) is 0 Å². The van der Waals surface area contributed by atoms with E-state index in [1.807, 2.05) is 0 Å². The molecule has 0 saturated heterocycles. The first kappa shape index (κ1) is 30.0. The standard InChI is InChI=1S/C22H47P2.ClH.Pd/c1-18(17-24(21(8,9)10)22(11,12)13)15-14-16-23(19(2,3)4)20(5,6)7;;/h15,18H,14,16-17H2,1-13H3;1H;/q-1;;+2/p+1. The van der Waals surface area contributed by atoms with Crippen LogP contribution in [0.1, 0.15) is 96.4 Å². The Kier molecular flexibility index (Phi) is 13.7. The van der Waals surface area contributed by atoms with Gasteiger partial charge in [0.05, 0.1) is 20.6 Å². The van der Waals surface area contributed by atoms with Crippen LogP contribution in [0, 0.1) is 12.3 Å². The molecule has 0 nitrogen and oxygen atoms in total. The molecule has 0 aliphatic carbocycles. The number of hydrogen-bond donors (Lipinski definition) is 0. The monoisotopic (exact) mass is 516 g/mol. The molecular formula is C22H49ClP2Pd+2. The molecule has 0 fully saturated rings. The van der Waals surface area contributed by atoms with Gasteiger partial charge in [0.1, 0.15) is 0 Å². The second-order valence-electron chi connectivity index (χ2n) is 11.9. The van der Waals surface area contributed by atoms with E-state index in [0.717, 1.165) is 5.92 Å². The van der Waals surface area contributed by atoms with Crippen molar-refractivity contribution in [1.82, 2.24) is 0 Å². The van der Waals surface area contributed by atoms with Gasteiger partial charge in [-0.05, 0) is 83.1 Å². The van der Waals surface area contributed by atoms with Gasteiger partial charge in [0.25, 0.3) is 0 Å². The Morgan fingerprint density at radius 1 is 0.692 bits per heavy atom. The molecule has 0 N–H and O–H groups in total. The van der Waals surface area contributed by atoms with Crippen molar-refractivity contribution in [3.8, 4) is 0 Å².